The Morgan fingerprint density at radius 2 is 0.603 bits per heavy atom. The molecule has 0 aliphatic heterocycles. The van der Waals surface area contributed by atoms with Gasteiger partial charge in [0.25, 0.3) is 0 Å². The molecule has 0 saturated heterocycles. The number of allylic oxidation sites excluding steroid dienone is 4. The third kappa shape index (κ3) is 49.3. The van der Waals surface area contributed by atoms with E-state index in [2.05, 4.69) is 65.8 Å². The van der Waals surface area contributed by atoms with E-state index in [4.69, 9.17) is 9.47 Å². The zero-order chi connectivity index (χ0) is 53.4. The number of esters is 2. The predicted octanol–water partition coefficient (Wildman–Crippen LogP) is 16.9. The number of ether oxygens (including phenoxy) is 2. The van der Waals surface area contributed by atoms with E-state index in [1.807, 2.05) is 0 Å². The fourth-order valence-electron chi connectivity index (χ4n) is 7.72. The zero-order valence-corrected chi connectivity index (χ0v) is 49.8. The van der Waals surface area contributed by atoms with Crippen LogP contribution in [-0.4, -0.2) is 61.0 Å². The first-order valence-corrected chi connectivity index (χ1v) is 29.0. The van der Waals surface area contributed by atoms with Crippen LogP contribution in [0.15, 0.2) is 72.8 Å². The molecule has 0 spiro atoms. The Hall–Kier alpha value is -3.40. The van der Waals surface area contributed by atoms with E-state index < -0.39 is 23.9 Å². The average molecular weight is 1120 g/mol. The molecule has 0 heterocycles. The number of hydrogen-bond donors (Lipinski definition) is 0. The molecule has 0 unspecified atom stereocenters. The van der Waals surface area contributed by atoms with Crippen LogP contribution in [-0.2, 0) is 9.47 Å². The van der Waals surface area contributed by atoms with Crippen LogP contribution in [0, 0.1) is 13.8 Å². The largest absolute Gasteiger partial charge is 2.00 e. The SMILES string of the molecule is CCCCCCCCCC/C=C/CCCCOC(=O)c1ccccc1C(=O)[O-].CCCCCCCCCC/C=C/CCCCOC(=O)c1ccccc1C(=O)[O-].[CH2]CCCCCCC.[CH2]CCCCCCC.[Sn+2]. The first-order valence-electron chi connectivity index (χ1n) is 29.0. The number of carbonyl (C=O) groups excluding carboxylic acids is 4. The van der Waals surface area contributed by atoms with Crippen molar-refractivity contribution in [2.24, 2.45) is 0 Å². The normalized spacial score (nSPS) is 10.6. The smallest absolute Gasteiger partial charge is 0.545 e. The summed E-state index contributed by atoms with van der Waals surface area (Å²) in [6.07, 6.45) is 54.0. The van der Waals surface area contributed by atoms with Crippen molar-refractivity contribution in [3.05, 3.63) is 109 Å². The molecule has 0 aromatic heterocycles. The van der Waals surface area contributed by atoms with Gasteiger partial charge in [0.15, 0.2) is 0 Å². The Morgan fingerprint density at radius 1 is 0.370 bits per heavy atom. The van der Waals surface area contributed by atoms with Crippen molar-refractivity contribution in [3.8, 4) is 0 Å². The minimum atomic E-state index is -1.37. The standard InChI is InChI=1S/2C24H36O4.2C8H17.Sn/c2*1-2-3-4-5-6-7-8-9-10-11-12-13-14-17-20-28-24(27)22-19-16-15-18-21(22)23(25)26;2*1-3-5-7-8-6-4-2;/h2*11-12,15-16,18-19H,2-10,13-14,17,20H2,1H3,(H,25,26);2*1,3-8H2,2H3;/q;;;;+2/p-2/b2*12-11+;;;. The van der Waals surface area contributed by atoms with Gasteiger partial charge in [0.1, 0.15) is 0 Å². The molecule has 0 aliphatic carbocycles. The van der Waals surface area contributed by atoms with Crippen molar-refractivity contribution < 1.29 is 38.9 Å². The van der Waals surface area contributed by atoms with Gasteiger partial charge in [0.2, 0.25) is 0 Å². The molecule has 73 heavy (non-hydrogen) atoms. The van der Waals surface area contributed by atoms with Crippen LogP contribution in [0.1, 0.15) is 300 Å². The number of unbranched alkanes of at least 4 members (excludes halogenated alkanes) is 30. The van der Waals surface area contributed by atoms with Gasteiger partial charge in [0.05, 0.1) is 36.3 Å². The molecule has 0 N–H and O–H groups in total. The molecule has 0 amide bonds. The number of carboxylic acid groups (broad SMARTS) is 2. The van der Waals surface area contributed by atoms with Crippen molar-refractivity contribution in [1.29, 1.82) is 0 Å². The Kier molecular flexibility index (Phi) is 60.2. The molecule has 0 fully saturated rings. The minimum Gasteiger partial charge on any atom is -0.545 e. The first-order chi connectivity index (χ1) is 35.2. The van der Waals surface area contributed by atoms with Gasteiger partial charge in [-0.2, -0.15) is 0 Å². The number of hydrogen-bond acceptors (Lipinski definition) is 8. The summed E-state index contributed by atoms with van der Waals surface area (Å²) < 4.78 is 10.3. The predicted molar refractivity (Wildman–Crippen MR) is 306 cm³/mol. The summed E-state index contributed by atoms with van der Waals surface area (Å²) >= 11 is 0. The average Bonchev–Trinajstić information content (AvgIpc) is 3.39. The van der Waals surface area contributed by atoms with Crippen molar-refractivity contribution in [1.82, 2.24) is 0 Å². The van der Waals surface area contributed by atoms with Crippen molar-refractivity contribution >= 4 is 47.8 Å². The van der Waals surface area contributed by atoms with E-state index in [-0.39, 0.29) is 46.2 Å². The van der Waals surface area contributed by atoms with E-state index in [0.717, 1.165) is 64.2 Å². The van der Waals surface area contributed by atoms with Gasteiger partial charge < -0.3 is 29.3 Å². The second kappa shape index (κ2) is 59.5. The van der Waals surface area contributed by atoms with E-state index >= 15 is 0 Å². The van der Waals surface area contributed by atoms with Gasteiger partial charge in [-0.25, -0.2) is 9.59 Å². The Morgan fingerprint density at radius 3 is 0.863 bits per heavy atom. The molecule has 0 atom stereocenters. The minimum absolute atomic E-state index is 0. The molecule has 0 saturated carbocycles. The van der Waals surface area contributed by atoms with Crippen LogP contribution in [0.2, 0.25) is 0 Å². The summed E-state index contributed by atoms with van der Waals surface area (Å²) in [7, 11) is 0. The fourth-order valence-corrected chi connectivity index (χ4v) is 7.72. The molecule has 0 aliphatic rings. The maximum absolute atomic E-state index is 12.0. The van der Waals surface area contributed by atoms with Crippen molar-refractivity contribution in [2.75, 3.05) is 13.2 Å². The van der Waals surface area contributed by atoms with Gasteiger partial charge in [-0.05, 0) is 76.3 Å². The summed E-state index contributed by atoms with van der Waals surface area (Å²) in [4.78, 5) is 46.0. The Labute approximate surface area is 465 Å². The molecule has 4 radical (unpaired) electrons. The summed E-state index contributed by atoms with van der Waals surface area (Å²) in [5.41, 5.74) is -0.159. The second-order valence-corrected chi connectivity index (χ2v) is 18.9. The monoisotopic (exact) mass is 1120 g/mol. The van der Waals surface area contributed by atoms with Gasteiger partial charge in [-0.1, -0.05) is 269 Å². The Bertz CT molecular complexity index is 1470. The van der Waals surface area contributed by atoms with Gasteiger partial charge in [-0.3, -0.25) is 0 Å². The first kappa shape index (κ1) is 73.8. The number of carboxylic acids is 2. The van der Waals surface area contributed by atoms with Gasteiger partial charge in [0, 0.05) is 11.1 Å². The van der Waals surface area contributed by atoms with Crippen LogP contribution in [0.5, 0.6) is 0 Å². The number of rotatable bonds is 42. The van der Waals surface area contributed by atoms with Crippen LogP contribution < -0.4 is 10.2 Å². The molecule has 0 bridgehead atoms. The maximum Gasteiger partial charge on any atom is 2.00 e. The molecular weight excluding hydrogens is 1020 g/mol. The number of aromatic carboxylic acids is 2. The van der Waals surface area contributed by atoms with Crippen molar-refractivity contribution in [2.45, 2.75) is 259 Å². The van der Waals surface area contributed by atoms with Crippen LogP contribution in [0.3, 0.4) is 0 Å². The molecule has 2 aromatic rings. The summed E-state index contributed by atoms with van der Waals surface area (Å²) in [6, 6.07) is 11.9. The van der Waals surface area contributed by atoms with E-state index in [9.17, 15) is 29.4 Å². The molecule has 2 rings (SSSR count). The maximum atomic E-state index is 12.0. The zero-order valence-electron chi connectivity index (χ0n) is 47.0. The van der Waals surface area contributed by atoms with E-state index in [1.54, 1.807) is 24.3 Å². The third-order valence-corrected chi connectivity index (χ3v) is 12.2. The van der Waals surface area contributed by atoms with Gasteiger partial charge >= 0.3 is 35.8 Å². The van der Waals surface area contributed by atoms with E-state index in [1.165, 1.54) is 191 Å². The topological polar surface area (TPSA) is 133 Å². The third-order valence-electron chi connectivity index (χ3n) is 12.2. The molecule has 2 aromatic carbocycles. The summed E-state index contributed by atoms with van der Waals surface area (Å²) in [5, 5.41) is 22.0. The van der Waals surface area contributed by atoms with Crippen LogP contribution in [0.4, 0.5) is 0 Å². The number of benzene rings is 2. The van der Waals surface area contributed by atoms with Crippen LogP contribution in [0.25, 0.3) is 0 Å². The molecular formula is C64H104O8Sn. The molecule has 8 nitrogen and oxygen atoms in total. The summed E-state index contributed by atoms with van der Waals surface area (Å²) in [6.45, 7) is 17.1. The van der Waals surface area contributed by atoms with E-state index in [0.29, 0.717) is 13.2 Å². The molecule has 412 valence electrons. The van der Waals surface area contributed by atoms with Crippen LogP contribution >= 0.6 is 0 Å². The quantitative estimate of drug-likeness (QED) is 0.0278. The van der Waals surface area contributed by atoms with Gasteiger partial charge in [-0.15, -0.1) is 0 Å². The molecule has 9 heteroatoms. The number of carbonyl (C=O) groups is 4. The summed E-state index contributed by atoms with van der Waals surface area (Å²) in [5.74, 6) is -3.95. The second-order valence-electron chi connectivity index (χ2n) is 18.9. The van der Waals surface area contributed by atoms with Crippen molar-refractivity contribution in [3.63, 3.8) is 0 Å². The fraction of sp³-hybridized carbons (Fsp3) is 0.656. The Balaban J connectivity index is -0.00000102.